The maximum absolute atomic E-state index is 11.3. The van der Waals surface area contributed by atoms with Crippen molar-refractivity contribution in [3.05, 3.63) is 0 Å². The van der Waals surface area contributed by atoms with Gasteiger partial charge in [0.2, 0.25) is 0 Å². The van der Waals surface area contributed by atoms with Gasteiger partial charge >= 0.3 is 5.97 Å². The highest BCUT2D eigenvalue weighted by molar-refractivity contribution is 5.68. The maximum Gasteiger partial charge on any atom is 0.305 e. The Bertz CT molecular complexity index is 408. The molecule has 5 nitrogen and oxygen atoms in total. The molecule has 0 spiro atoms. The van der Waals surface area contributed by atoms with Crippen LogP contribution in [0.2, 0.25) is 0 Å². The van der Waals surface area contributed by atoms with Gasteiger partial charge in [-0.15, -0.1) is 0 Å². The van der Waals surface area contributed by atoms with Crippen molar-refractivity contribution >= 4 is 24.8 Å². The molecule has 0 heterocycles. The molecule has 27 heavy (non-hydrogen) atoms. The van der Waals surface area contributed by atoms with Gasteiger partial charge in [-0.1, -0.05) is 39.0 Å². The summed E-state index contributed by atoms with van der Waals surface area (Å²) in [5.41, 5.74) is 0. The predicted molar refractivity (Wildman–Crippen MR) is 106 cm³/mol. The van der Waals surface area contributed by atoms with E-state index in [1.807, 2.05) is 0 Å². The number of rotatable bonds is 19. The van der Waals surface area contributed by atoms with Gasteiger partial charge in [0.1, 0.15) is 18.9 Å². The van der Waals surface area contributed by atoms with E-state index in [2.05, 4.69) is 11.7 Å². The number of hydrogen-bond acceptors (Lipinski definition) is 5. The molecular formula is C22H38O5. The fourth-order valence-electron chi connectivity index (χ4n) is 3.38. The van der Waals surface area contributed by atoms with Crippen molar-refractivity contribution in [1.82, 2.24) is 0 Å². The second-order valence-electron chi connectivity index (χ2n) is 7.51. The van der Waals surface area contributed by atoms with E-state index in [1.54, 1.807) is 0 Å². The van der Waals surface area contributed by atoms with Crippen LogP contribution in [0, 0.1) is 17.8 Å². The molecule has 0 aromatic carbocycles. The second-order valence-corrected chi connectivity index (χ2v) is 7.51. The molecule has 0 aliphatic rings. The molecule has 5 heteroatoms. The fourth-order valence-corrected chi connectivity index (χ4v) is 3.38. The van der Waals surface area contributed by atoms with Crippen LogP contribution < -0.4 is 0 Å². The van der Waals surface area contributed by atoms with Crippen molar-refractivity contribution in [2.75, 3.05) is 7.11 Å². The highest BCUT2D eigenvalue weighted by Crippen LogP contribution is 2.22. The molecule has 0 aliphatic heterocycles. The number of carbonyl (C=O) groups is 4. The summed E-state index contributed by atoms with van der Waals surface area (Å²) in [6, 6.07) is 0. The molecule has 0 fully saturated rings. The summed E-state index contributed by atoms with van der Waals surface area (Å²) < 4.78 is 4.61. The third-order valence-electron chi connectivity index (χ3n) is 5.24. The molecule has 3 unspecified atom stereocenters. The van der Waals surface area contributed by atoms with E-state index in [9.17, 15) is 19.2 Å². The minimum absolute atomic E-state index is 0.0139. The van der Waals surface area contributed by atoms with Crippen LogP contribution in [-0.4, -0.2) is 31.9 Å². The van der Waals surface area contributed by atoms with E-state index in [4.69, 9.17) is 0 Å². The predicted octanol–water partition coefficient (Wildman–Crippen LogP) is 4.70. The summed E-state index contributed by atoms with van der Waals surface area (Å²) >= 11 is 0. The quantitative estimate of drug-likeness (QED) is 0.184. The number of methoxy groups -OCH3 is 1. The molecule has 0 aliphatic carbocycles. The minimum Gasteiger partial charge on any atom is -0.469 e. The minimum atomic E-state index is -0.157. The molecule has 0 aromatic rings. The average Bonchev–Trinajstić information content (AvgIpc) is 2.69. The molecule has 0 N–H and O–H groups in total. The summed E-state index contributed by atoms with van der Waals surface area (Å²) in [6.07, 6.45) is 14.1. The van der Waals surface area contributed by atoms with Crippen molar-refractivity contribution in [3.8, 4) is 0 Å². The number of ether oxygens (including phenoxy) is 1. The van der Waals surface area contributed by atoms with Gasteiger partial charge in [0, 0.05) is 24.2 Å². The topological polar surface area (TPSA) is 77.5 Å². The van der Waals surface area contributed by atoms with Crippen molar-refractivity contribution in [2.45, 2.75) is 90.4 Å². The second kappa shape index (κ2) is 17.9. The van der Waals surface area contributed by atoms with Crippen LogP contribution in [0.25, 0.3) is 0 Å². The molecule has 0 amide bonds. The number of aldehydes is 3. The molecule has 0 radical (unpaired) electrons. The van der Waals surface area contributed by atoms with Crippen molar-refractivity contribution in [2.24, 2.45) is 17.8 Å². The van der Waals surface area contributed by atoms with E-state index in [0.29, 0.717) is 6.42 Å². The van der Waals surface area contributed by atoms with E-state index < -0.39 is 0 Å². The van der Waals surface area contributed by atoms with Gasteiger partial charge in [-0.2, -0.15) is 0 Å². The summed E-state index contributed by atoms with van der Waals surface area (Å²) in [4.78, 5) is 44.6. The van der Waals surface area contributed by atoms with E-state index in [1.165, 1.54) is 7.11 Å². The number of esters is 1. The van der Waals surface area contributed by atoms with Crippen LogP contribution in [0.3, 0.4) is 0 Å². The Kier molecular flexibility index (Phi) is 16.9. The number of carbonyl (C=O) groups excluding carboxylic acids is 4. The first kappa shape index (κ1) is 25.5. The molecule has 0 aromatic heterocycles. The zero-order valence-corrected chi connectivity index (χ0v) is 17.2. The van der Waals surface area contributed by atoms with Crippen LogP contribution in [0.1, 0.15) is 90.4 Å². The molecule has 0 bridgehead atoms. The Morgan fingerprint density at radius 1 is 0.704 bits per heavy atom. The Balaban J connectivity index is 3.90. The van der Waals surface area contributed by atoms with Crippen LogP contribution in [-0.2, 0) is 23.9 Å². The van der Waals surface area contributed by atoms with Gasteiger partial charge in [-0.05, 0) is 44.9 Å². The van der Waals surface area contributed by atoms with Crippen LogP contribution >= 0.6 is 0 Å². The van der Waals surface area contributed by atoms with Crippen LogP contribution in [0.15, 0.2) is 0 Å². The normalized spacial score (nSPS) is 14.1. The number of hydrogen-bond donors (Lipinski definition) is 0. The Hall–Kier alpha value is -1.52. The highest BCUT2D eigenvalue weighted by atomic mass is 16.5. The summed E-state index contributed by atoms with van der Waals surface area (Å²) in [6.45, 7) is 2.06. The van der Waals surface area contributed by atoms with Crippen molar-refractivity contribution < 1.29 is 23.9 Å². The van der Waals surface area contributed by atoms with Crippen molar-refractivity contribution in [1.29, 1.82) is 0 Å². The van der Waals surface area contributed by atoms with Gasteiger partial charge < -0.3 is 19.1 Å². The van der Waals surface area contributed by atoms with Gasteiger partial charge in [0.25, 0.3) is 0 Å². The third-order valence-corrected chi connectivity index (χ3v) is 5.24. The Labute approximate surface area is 164 Å². The zero-order valence-electron chi connectivity index (χ0n) is 17.2. The smallest absolute Gasteiger partial charge is 0.305 e. The van der Waals surface area contributed by atoms with Gasteiger partial charge in [-0.3, -0.25) is 4.79 Å². The SMILES string of the molecule is CCCC(C=O)CCC(C=O)CCC(C=O)CCCCCCCC(=O)OC. The Morgan fingerprint density at radius 2 is 1.15 bits per heavy atom. The fraction of sp³-hybridized carbons (Fsp3) is 0.818. The summed E-state index contributed by atoms with van der Waals surface area (Å²) in [5.74, 6) is -0.140. The average molecular weight is 383 g/mol. The monoisotopic (exact) mass is 382 g/mol. The van der Waals surface area contributed by atoms with Crippen LogP contribution in [0.5, 0.6) is 0 Å². The standard InChI is InChI=1S/C22H38O5/c1-3-9-19(16-23)12-14-21(18-25)15-13-20(17-24)10-7-5-4-6-8-11-22(26)27-2/h16-21H,3-15H2,1-2H3. The lowest BCUT2D eigenvalue weighted by Crippen LogP contribution is -2.11. The first-order valence-electron chi connectivity index (χ1n) is 10.5. The molecule has 0 saturated carbocycles. The lowest BCUT2D eigenvalue weighted by atomic mass is 9.88. The summed E-state index contributed by atoms with van der Waals surface area (Å²) in [7, 11) is 1.41. The largest absolute Gasteiger partial charge is 0.469 e. The number of unbranched alkanes of at least 4 members (excludes halogenated alkanes) is 4. The van der Waals surface area contributed by atoms with Gasteiger partial charge in [0.05, 0.1) is 7.11 Å². The van der Waals surface area contributed by atoms with E-state index in [0.717, 1.165) is 95.9 Å². The highest BCUT2D eigenvalue weighted by Gasteiger charge is 2.15. The van der Waals surface area contributed by atoms with Crippen molar-refractivity contribution in [3.63, 3.8) is 0 Å². The van der Waals surface area contributed by atoms with Gasteiger partial charge in [-0.25, -0.2) is 0 Å². The van der Waals surface area contributed by atoms with Gasteiger partial charge in [0.15, 0.2) is 0 Å². The Morgan fingerprint density at radius 3 is 1.63 bits per heavy atom. The van der Waals surface area contributed by atoms with E-state index >= 15 is 0 Å². The maximum atomic E-state index is 11.3. The lowest BCUT2D eigenvalue weighted by molar-refractivity contribution is -0.140. The third kappa shape index (κ3) is 14.2. The van der Waals surface area contributed by atoms with Crippen LogP contribution in [0.4, 0.5) is 0 Å². The summed E-state index contributed by atoms with van der Waals surface area (Å²) in [5, 5.41) is 0. The zero-order chi connectivity index (χ0) is 20.3. The van der Waals surface area contributed by atoms with E-state index in [-0.39, 0.29) is 23.7 Å². The lowest BCUT2D eigenvalue weighted by Gasteiger charge is -2.16. The first-order valence-corrected chi connectivity index (χ1v) is 10.5. The molecule has 0 saturated heterocycles. The molecule has 3 atom stereocenters. The molecular weight excluding hydrogens is 344 g/mol. The molecule has 0 rings (SSSR count). The molecule has 156 valence electrons. The first-order chi connectivity index (χ1) is 13.1.